The molecule has 0 aliphatic carbocycles. The third-order valence-corrected chi connectivity index (χ3v) is 2.08. The summed E-state index contributed by atoms with van der Waals surface area (Å²) in [5.41, 5.74) is 0. The second kappa shape index (κ2) is 3.84. The number of benzene rings is 1. The molecule has 1 aromatic rings. The minimum absolute atomic E-state index is 0.209. The van der Waals surface area contributed by atoms with Crippen molar-refractivity contribution in [1.82, 2.24) is 0 Å². The molecule has 0 aliphatic rings. The van der Waals surface area contributed by atoms with E-state index < -0.39 is 0 Å². The Labute approximate surface area is 68.4 Å². The van der Waals surface area contributed by atoms with Gasteiger partial charge >= 0.3 is 0 Å². The summed E-state index contributed by atoms with van der Waals surface area (Å²) in [6, 6.07) is 6.27. The molecule has 0 saturated carbocycles. The molecule has 0 amide bonds. The van der Waals surface area contributed by atoms with Crippen LogP contribution in [0.1, 0.15) is 0 Å². The van der Waals surface area contributed by atoms with Crippen LogP contribution in [0.5, 0.6) is 0 Å². The van der Waals surface area contributed by atoms with E-state index in [1.807, 2.05) is 0 Å². The maximum Gasteiger partial charge on any atom is 0.123 e. The number of hydrogen-bond donors (Lipinski definition) is 0. The van der Waals surface area contributed by atoms with E-state index >= 15 is 0 Å². The summed E-state index contributed by atoms with van der Waals surface area (Å²) in [7, 11) is 0. The molecule has 0 spiro atoms. The molecule has 0 saturated heterocycles. The lowest BCUT2D eigenvalue weighted by molar-refractivity contribution is 0.626. The number of halogens is 2. The molecular formula is C7H6ClFS. The molecular weight excluding hydrogens is 171 g/mol. The fourth-order valence-corrected chi connectivity index (χ4v) is 1.43. The molecule has 0 radical (unpaired) electrons. The van der Waals surface area contributed by atoms with E-state index in [1.54, 1.807) is 12.1 Å². The Morgan fingerprint density at radius 3 is 2.40 bits per heavy atom. The van der Waals surface area contributed by atoms with Crippen molar-refractivity contribution in [2.75, 3.05) is 5.21 Å². The van der Waals surface area contributed by atoms with E-state index in [9.17, 15) is 4.39 Å². The molecule has 1 rings (SSSR count). The van der Waals surface area contributed by atoms with Crippen LogP contribution in [0.15, 0.2) is 29.2 Å². The fraction of sp³-hybridized carbons (Fsp3) is 0.143. The Hall–Kier alpha value is -0.210. The second-order valence-electron chi connectivity index (χ2n) is 1.71. The van der Waals surface area contributed by atoms with Crippen molar-refractivity contribution in [2.45, 2.75) is 4.90 Å². The molecule has 0 aliphatic heterocycles. The molecule has 0 N–H and O–H groups in total. The Kier molecular flexibility index (Phi) is 3.03. The van der Waals surface area contributed by atoms with Gasteiger partial charge in [-0.2, -0.15) is 0 Å². The van der Waals surface area contributed by atoms with E-state index in [-0.39, 0.29) is 5.82 Å². The van der Waals surface area contributed by atoms with Crippen LogP contribution in [0.3, 0.4) is 0 Å². The summed E-state index contributed by atoms with van der Waals surface area (Å²) < 4.78 is 12.3. The van der Waals surface area contributed by atoms with E-state index in [0.29, 0.717) is 5.21 Å². The zero-order chi connectivity index (χ0) is 7.40. The topological polar surface area (TPSA) is 0 Å². The predicted octanol–water partition coefficient (Wildman–Crippen LogP) is 3.11. The molecule has 0 unspecified atom stereocenters. The van der Waals surface area contributed by atoms with E-state index in [4.69, 9.17) is 11.6 Å². The van der Waals surface area contributed by atoms with Crippen molar-refractivity contribution in [3.05, 3.63) is 30.1 Å². The van der Waals surface area contributed by atoms with Gasteiger partial charge in [0.25, 0.3) is 0 Å². The number of thioether (sulfide) groups is 1. The molecule has 54 valence electrons. The smallest absolute Gasteiger partial charge is 0.123 e. The van der Waals surface area contributed by atoms with Crippen LogP contribution in [0, 0.1) is 5.82 Å². The van der Waals surface area contributed by atoms with Gasteiger partial charge in [0.15, 0.2) is 0 Å². The zero-order valence-electron chi connectivity index (χ0n) is 5.18. The molecule has 0 fully saturated rings. The van der Waals surface area contributed by atoms with Gasteiger partial charge in [0.05, 0.1) is 5.21 Å². The summed E-state index contributed by atoms with van der Waals surface area (Å²) in [6.07, 6.45) is 0. The molecule has 10 heavy (non-hydrogen) atoms. The Bertz CT molecular complexity index is 197. The Morgan fingerprint density at radius 1 is 1.30 bits per heavy atom. The van der Waals surface area contributed by atoms with Crippen molar-refractivity contribution in [2.24, 2.45) is 0 Å². The van der Waals surface area contributed by atoms with Gasteiger partial charge in [0.1, 0.15) is 5.82 Å². The van der Waals surface area contributed by atoms with E-state index in [0.717, 1.165) is 4.90 Å². The minimum Gasteiger partial charge on any atom is -0.207 e. The minimum atomic E-state index is -0.209. The van der Waals surface area contributed by atoms with Crippen LogP contribution < -0.4 is 0 Å². The highest BCUT2D eigenvalue weighted by atomic mass is 35.5. The van der Waals surface area contributed by atoms with Crippen LogP contribution >= 0.6 is 23.4 Å². The van der Waals surface area contributed by atoms with Crippen molar-refractivity contribution in [3.8, 4) is 0 Å². The third-order valence-electron chi connectivity index (χ3n) is 1.03. The Morgan fingerprint density at radius 2 is 1.90 bits per heavy atom. The van der Waals surface area contributed by atoms with Crippen LogP contribution in [0.2, 0.25) is 0 Å². The van der Waals surface area contributed by atoms with E-state index in [1.165, 1.54) is 23.9 Å². The predicted molar refractivity (Wildman–Crippen MR) is 43.0 cm³/mol. The lowest BCUT2D eigenvalue weighted by Crippen LogP contribution is -1.73. The highest BCUT2D eigenvalue weighted by Gasteiger charge is 1.91. The fourth-order valence-electron chi connectivity index (χ4n) is 0.594. The second-order valence-corrected chi connectivity index (χ2v) is 3.34. The largest absolute Gasteiger partial charge is 0.207 e. The average molecular weight is 177 g/mol. The summed E-state index contributed by atoms with van der Waals surface area (Å²) in [6.45, 7) is 0. The van der Waals surface area contributed by atoms with E-state index in [2.05, 4.69) is 0 Å². The van der Waals surface area contributed by atoms with Gasteiger partial charge in [-0.05, 0) is 24.3 Å². The summed E-state index contributed by atoms with van der Waals surface area (Å²) in [5.74, 6) is -0.209. The first-order valence-corrected chi connectivity index (χ1v) is 4.29. The van der Waals surface area contributed by atoms with Crippen LogP contribution in [-0.2, 0) is 0 Å². The van der Waals surface area contributed by atoms with Crippen LogP contribution in [-0.4, -0.2) is 5.21 Å². The molecule has 0 atom stereocenters. The molecule has 0 heterocycles. The standard InChI is InChI=1S/C7H6ClFS/c8-5-10-7-3-1-6(9)2-4-7/h1-4H,5H2. The normalized spacial score (nSPS) is 9.80. The lowest BCUT2D eigenvalue weighted by Gasteiger charge is -1.94. The number of alkyl halides is 1. The summed E-state index contributed by atoms with van der Waals surface area (Å²) >= 11 is 6.93. The van der Waals surface area contributed by atoms with Gasteiger partial charge in [-0.1, -0.05) is 0 Å². The van der Waals surface area contributed by atoms with Gasteiger partial charge in [-0.15, -0.1) is 23.4 Å². The van der Waals surface area contributed by atoms with Gasteiger partial charge in [0.2, 0.25) is 0 Å². The number of rotatable bonds is 2. The van der Waals surface area contributed by atoms with Crippen molar-refractivity contribution < 1.29 is 4.39 Å². The maximum atomic E-state index is 12.3. The molecule has 0 bridgehead atoms. The summed E-state index contributed by atoms with van der Waals surface area (Å²) in [5, 5.41) is 0.506. The zero-order valence-corrected chi connectivity index (χ0v) is 6.75. The SMILES string of the molecule is Fc1ccc(SCCl)cc1. The first kappa shape index (κ1) is 7.89. The summed E-state index contributed by atoms with van der Waals surface area (Å²) in [4.78, 5) is 0.997. The lowest BCUT2D eigenvalue weighted by atomic mass is 10.4. The van der Waals surface area contributed by atoms with Crippen molar-refractivity contribution in [3.63, 3.8) is 0 Å². The van der Waals surface area contributed by atoms with Gasteiger partial charge in [-0.25, -0.2) is 4.39 Å². The highest BCUT2D eigenvalue weighted by molar-refractivity contribution is 8.00. The first-order chi connectivity index (χ1) is 4.83. The van der Waals surface area contributed by atoms with Gasteiger partial charge < -0.3 is 0 Å². The van der Waals surface area contributed by atoms with Crippen LogP contribution in [0.25, 0.3) is 0 Å². The number of hydrogen-bond acceptors (Lipinski definition) is 1. The molecule has 0 nitrogen and oxygen atoms in total. The van der Waals surface area contributed by atoms with Crippen molar-refractivity contribution in [1.29, 1.82) is 0 Å². The highest BCUT2D eigenvalue weighted by Crippen LogP contribution is 2.18. The van der Waals surface area contributed by atoms with Crippen molar-refractivity contribution >= 4 is 23.4 Å². The van der Waals surface area contributed by atoms with Gasteiger partial charge in [-0.3, -0.25) is 0 Å². The Balaban J connectivity index is 2.69. The molecule has 3 heteroatoms. The average Bonchev–Trinajstić information content (AvgIpc) is 1.95. The first-order valence-electron chi connectivity index (χ1n) is 2.77. The maximum absolute atomic E-state index is 12.3. The van der Waals surface area contributed by atoms with Gasteiger partial charge in [0, 0.05) is 4.90 Å². The van der Waals surface area contributed by atoms with Crippen LogP contribution in [0.4, 0.5) is 4.39 Å². The molecule has 1 aromatic carbocycles. The quantitative estimate of drug-likeness (QED) is 0.493. The molecule has 0 aromatic heterocycles. The monoisotopic (exact) mass is 176 g/mol. The third kappa shape index (κ3) is 2.20.